The largest absolute Gasteiger partial charge is 0.444 e. The van der Waals surface area contributed by atoms with E-state index in [9.17, 15) is 4.79 Å². The van der Waals surface area contributed by atoms with E-state index in [-0.39, 0.29) is 18.7 Å². The van der Waals surface area contributed by atoms with Crippen molar-refractivity contribution in [3.05, 3.63) is 0 Å². The first-order valence-corrected chi connectivity index (χ1v) is 6.90. The first-order chi connectivity index (χ1) is 8.30. The number of nitrogens with zero attached hydrogens (tertiary/aromatic N) is 1. The van der Waals surface area contributed by atoms with E-state index in [4.69, 9.17) is 9.84 Å². The molecule has 3 unspecified atom stereocenters. The van der Waals surface area contributed by atoms with E-state index >= 15 is 0 Å². The second kappa shape index (κ2) is 5.91. The van der Waals surface area contributed by atoms with Gasteiger partial charge >= 0.3 is 6.09 Å². The minimum Gasteiger partial charge on any atom is -0.444 e. The van der Waals surface area contributed by atoms with E-state index in [0.717, 1.165) is 13.0 Å². The van der Waals surface area contributed by atoms with Crippen molar-refractivity contribution in [2.75, 3.05) is 13.2 Å². The summed E-state index contributed by atoms with van der Waals surface area (Å²) >= 11 is 0. The van der Waals surface area contributed by atoms with Crippen LogP contribution in [0.25, 0.3) is 0 Å². The molecule has 1 N–H and O–H groups in total. The molecule has 1 amide bonds. The summed E-state index contributed by atoms with van der Waals surface area (Å²) in [7, 11) is 0. The lowest BCUT2D eigenvalue weighted by Crippen LogP contribution is -2.41. The van der Waals surface area contributed by atoms with Crippen molar-refractivity contribution in [1.82, 2.24) is 4.90 Å². The summed E-state index contributed by atoms with van der Waals surface area (Å²) in [5.74, 6) is 0.934. The minimum atomic E-state index is -0.464. The normalized spacial score (nSPS) is 28.6. The highest BCUT2D eigenvalue weighted by atomic mass is 16.6. The highest BCUT2D eigenvalue weighted by Gasteiger charge is 2.41. The third kappa shape index (κ3) is 3.61. The van der Waals surface area contributed by atoms with Crippen molar-refractivity contribution in [2.24, 2.45) is 11.8 Å². The number of rotatable bonds is 3. The minimum absolute atomic E-state index is 0.106. The topological polar surface area (TPSA) is 49.8 Å². The number of hydrogen-bond acceptors (Lipinski definition) is 3. The quantitative estimate of drug-likeness (QED) is 0.845. The van der Waals surface area contributed by atoms with Gasteiger partial charge in [-0.1, -0.05) is 20.3 Å². The molecule has 4 heteroatoms. The van der Waals surface area contributed by atoms with Crippen molar-refractivity contribution in [2.45, 2.75) is 59.1 Å². The maximum atomic E-state index is 12.2. The number of carbonyl (C=O) groups is 1. The third-order valence-electron chi connectivity index (χ3n) is 3.76. The molecule has 1 heterocycles. The fourth-order valence-electron chi connectivity index (χ4n) is 2.73. The van der Waals surface area contributed by atoms with E-state index in [1.54, 1.807) is 4.90 Å². The molecule has 0 aromatic heterocycles. The van der Waals surface area contributed by atoms with Crippen LogP contribution in [0.15, 0.2) is 0 Å². The van der Waals surface area contributed by atoms with Crippen LogP contribution < -0.4 is 0 Å². The average molecular weight is 257 g/mol. The lowest BCUT2D eigenvalue weighted by molar-refractivity contribution is 0.0189. The lowest BCUT2D eigenvalue weighted by Gasteiger charge is -2.29. The van der Waals surface area contributed by atoms with Gasteiger partial charge in [-0.2, -0.15) is 0 Å². The molecule has 18 heavy (non-hydrogen) atoms. The molecule has 1 rings (SSSR count). The average Bonchev–Trinajstić information content (AvgIpc) is 2.55. The number of likely N-dealkylation sites (tertiary alicyclic amines) is 1. The van der Waals surface area contributed by atoms with Gasteiger partial charge in [-0.25, -0.2) is 4.79 Å². The van der Waals surface area contributed by atoms with E-state index in [0.29, 0.717) is 18.3 Å². The molecule has 0 aromatic carbocycles. The van der Waals surface area contributed by atoms with Crippen molar-refractivity contribution in [3.8, 4) is 0 Å². The Morgan fingerprint density at radius 3 is 2.50 bits per heavy atom. The Balaban J connectivity index is 2.75. The number of carbonyl (C=O) groups excluding carboxylic acids is 1. The van der Waals surface area contributed by atoms with Gasteiger partial charge in [0.05, 0.1) is 0 Å². The molecule has 0 bridgehead atoms. The van der Waals surface area contributed by atoms with Crippen LogP contribution in [0, 0.1) is 11.8 Å². The molecule has 1 fully saturated rings. The van der Waals surface area contributed by atoms with Crippen molar-refractivity contribution in [1.29, 1.82) is 0 Å². The van der Waals surface area contributed by atoms with Gasteiger partial charge in [0.1, 0.15) is 5.60 Å². The molecule has 0 aromatic rings. The van der Waals surface area contributed by atoms with Gasteiger partial charge in [0.15, 0.2) is 0 Å². The molecule has 0 radical (unpaired) electrons. The summed E-state index contributed by atoms with van der Waals surface area (Å²) in [4.78, 5) is 14.0. The second-order valence-electron chi connectivity index (χ2n) is 6.24. The Labute approximate surface area is 110 Å². The smallest absolute Gasteiger partial charge is 0.410 e. The summed E-state index contributed by atoms with van der Waals surface area (Å²) < 4.78 is 5.44. The molecule has 4 nitrogen and oxygen atoms in total. The lowest BCUT2D eigenvalue weighted by atomic mass is 9.89. The van der Waals surface area contributed by atoms with Gasteiger partial charge < -0.3 is 14.7 Å². The molecule has 0 spiro atoms. The van der Waals surface area contributed by atoms with Crippen LogP contribution >= 0.6 is 0 Å². The zero-order valence-corrected chi connectivity index (χ0v) is 12.3. The predicted molar refractivity (Wildman–Crippen MR) is 71.4 cm³/mol. The molecular weight excluding hydrogens is 230 g/mol. The standard InChI is InChI=1S/C14H27NO3/c1-6-11-9-15(12(7-8-16)10(11)2)13(17)18-14(3,4)5/h10-12,16H,6-9H2,1-5H3. The van der Waals surface area contributed by atoms with E-state index in [1.807, 2.05) is 20.8 Å². The van der Waals surface area contributed by atoms with Gasteiger partial charge in [-0.05, 0) is 39.0 Å². The number of aliphatic hydroxyl groups is 1. The Morgan fingerprint density at radius 2 is 2.06 bits per heavy atom. The predicted octanol–water partition coefficient (Wildman–Crippen LogP) is 2.65. The van der Waals surface area contributed by atoms with Crippen LogP contribution in [-0.4, -0.2) is 40.9 Å². The van der Waals surface area contributed by atoms with Gasteiger partial charge in [0.2, 0.25) is 0 Å². The Bertz CT molecular complexity index is 285. The molecule has 0 saturated carbocycles. The first-order valence-electron chi connectivity index (χ1n) is 6.90. The van der Waals surface area contributed by atoms with Gasteiger partial charge in [0.25, 0.3) is 0 Å². The van der Waals surface area contributed by atoms with Crippen LogP contribution in [0.5, 0.6) is 0 Å². The van der Waals surface area contributed by atoms with Crippen LogP contribution in [0.4, 0.5) is 4.79 Å². The molecule has 1 aliphatic heterocycles. The highest BCUT2D eigenvalue weighted by molar-refractivity contribution is 5.69. The number of ether oxygens (including phenoxy) is 1. The third-order valence-corrected chi connectivity index (χ3v) is 3.76. The summed E-state index contributed by atoms with van der Waals surface area (Å²) in [6, 6.07) is 0.106. The van der Waals surface area contributed by atoms with Crippen LogP contribution in [-0.2, 0) is 4.74 Å². The van der Waals surface area contributed by atoms with Crippen LogP contribution in [0.3, 0.4) is 0 Å². The number of aliphatic hydroxyl groups excluding tert-OH is 1. The summed E-state index contributed by atoms with van der Waals surface area (Å²) in [5.41, 5.74) is -0.464. The molecule has 3 atom stereocenters. The van der Waals surface area contributed by atoms with Gasteiger partial charge in [-0.15, -0.1) is 0 Å². The van der Waals surface area contributed by atoms with Crippen molar-refractivity contribution < 1.29 is 14.6 Å². The highest BCUT2D eigenvalue weighted by Crippen LogP contribution is 2.34. The molecule has 1 saturated heterocycles. The zero-order valence-electron chi connectivity index (χ0n) is 12.3. The van der Waals surface area contributed by atoms with Crippen LogP contribution in [0.1, 0.15) is 47.5 Å². The Hall–Kier alpha value is -0.770. The molecule has 1 aliphatic rings. The van der Waals surface area contributed by atoms with Gasteiger partial charge in [-0.3, -0.25) is 0 Å². The first kappa shape index (κ1) is 15.3. The fourth-order valence-corrected chi connectivity index (χ4v) is 2.73. The second-order valence-corrected chi connectivity index (χ2v) is 6.24. The van der Waals surface area contributed by atoms with E-state index in [1.165, 1.54) is 0 Å². The fraction of sp³-hybridized carbons (Fsp3) is 0.929. The maximum Gasteiger partial charge on any atom is 0.410 e. The number of amides is 1. The van der Waals surface area contributed by atoms with Crippen molar-refractivity contribution in [3.63, 3.8) is 0 Å². The molecular formula is C14H27NO3. The summed E-state index contributed by atoms with van der Waals surface area (Å²) in [5, 5.41) is 9.16. The summed E-state index contributed by atoms with van der Waals surface area (Å²) in [6.07, 6.45) is 1.45. The van der Waals surface area contributed by atoms with E-state index in [2.05, 4.69) is 13.8 Å². The number of hydrogen-bond donors (Lipinski definition) is 1. The summed E-state index contributed by atoms with van der Waals surface area (Å²) in [6.45, 7) is 10.8. The maximum absolute atomic E-state index is 12.2. The van der Waals surface area contributed by atoms with E-state index < -0.39 is 5.60 Å². The van der Waals surface area contributed by atoms with Crippen molar-refractivity contribution >= 4 is 6.09 Å². The SMILES string of the molecule is CCC1CN(C(=O)OC(C)(C)C)C(CCO)C1C. The zero-order chi connectivity index (χ0) is 13.9. The molecule has 106 valence electrons. The van der Waals surface area contributed by atoms with Crippen LogP contribution in [0.2, 0.25) is 0 Å². The monoisotopic (exact) mass is 257 g/mol. The Morgan fingerprint density at radius 1 is 1.44 bits per heavy atom. The van der Waals surface area contributed by atoms with Gasteiger partial charge in [0, 0.05) is 19.2 Å². The Kier molecular flexibility index (Phi) is 5.02. The molecule has 0 aliphatic carbocycles.